The average molecular weight is 410 g/mol. The molecule has 0 saturated carbocycles. The number of rotatable bonds is 6. The van der Waals surface area contributed by atoms with E-state index in [2.05, 4.69) is 66.0 Å². The SMILES string of the molecule is CN=C(NCCc1cccs1)NCC(C)(C)N(C)C.I. The van der Waals surface area contributed by atoms with E-state index in [0.717, 1.165) is 25.5 Å². The Kier molecular flexibility index (Phi) is 9.41. The van der Waals surface area contributed by atoms with Gasteiger partial charge in [0, 0.05) is 30.6 Å². The van der Waals surface area contributed by atoms with Crippen LogP contribution in [0.25, 0.3) is 0 Å². The topological polar surface area (TPSA) is 39.7 Å². The summed E-state index contributed by atoms with van der Waals surface area (Å²) in [5.74, 6) is 0.867. The molecule has 1 aromatic heterocycles. The number of hydrogen-bond acceptors (Lipinski definition) is 3. The van der Waals surface area contributed by atoms with Crippen molar-refractivity contribution in [3.8, 4) is 0 Å². The highest BCUT2D eigenvalue weighted by atomic mass is 127. The second-order valence-electron chi connectivity index (χ2n) is 5.39. The summed E-state index contributed by atoms with van der Waals surface area (Å²) in [6.07, 6.45) is 1.04. The molecule has 0 radical (unpaired) electrons. The Hall–Kier alpha value is -0.340. The molecule has 1 aromatic rings. The molecule has 20 heavy (non-hydrogen) atoms. The first kappa shape index (κ1) is 19.7. The highest BCUT2D eigenvalue weighted by molar-refractivity contribution is 14.0. The molecule has 2 N–H and O–H groups in total. The third-order valence-corrected chi connectivity index (χ3v) is 4.30. The molecule has 0 aromatic carbocycles. The van der Waals surface area contributed by atoms with Crippen molar-refractivity contribution in [2.24, 2.45) is 4.99 Å². The maximum atomic E-state index is 4.25. The molecule has 0 unspecified atom stereocenters. The minimum absolute atomic E-state index is 0. The molecule has 0 amide bonds. The fraction of sp³-hybridized carbons (Fsp3) is 0.643. The standard InChI is InChI=1S/C14H26N4S.HI/c1-14(2,18(4)5)11-17-13(15-3)16-9-8-12-7-6-10-19-12;/h6-7,10H,8-9,11H2,1-5H3,(H2,15,16,17);1H. The third-order valence-electron chi connectivity index (χ3n) is 3.37. The van der Waals surface area contributed by atoms with Gasteiger partial charge in [0.2, 0.25) is 0 Å². The number of aliphatic imine (C=N–C) groups is 1. The van der Waals surface area contributed by atoms with E-state index < -0.39 is 0 Å². The van der Waals surface area contributed by atoms with Crippen LogP contribution in [0.5, 0.6) is 0 Å². The van der Waals surface area contributed by atoms with Gasteiger partial charge in [-0.3, -0.25) is 4.99 Å². The predicted molar refractivity (Wildman–Crippen MR) is 101 cm³/mol. The fourth-order valence-electron chi connectivity index (χ4n) is 1.44. The van der Waals surface area contributed by atoms with Crippen LogP contribution in [0, 0.1) is 0 Å². The van der Waals surface area contributed by atoms with E-state index in [9.17, 15) is 0 Å². The van der Waals surface area contributed by atoms with Crippen LogP contribution in [0.3, 0.4) is 0 Å². The van der Waals surface area contributed by atoms with E-state index in [1.165, 1.54) is 4.88 Å². The Balaban J connectivity index is 0.00000361. The molecule has 4 nitrogen and oxygen atoms in total. The first-order chi connectivity index (χ1) is 8.95. The van der Waals surface area contributed by atoms with Crippen LogP contribution >= 0.6 is 35.3 Å². The van der Waals surface area contributed by atoms with Crippen LogP contribution in [-0.4, -0.2) is 50.6 Å². The van der Waals surface area contributed by atoms with Crippen LogP contribution < -0.4 is 10.6 Å². The van der Waals surface area contributed by atoms with Gasteiger partial charge in [0.05, 0.1) is 0 Å². The lowest BCUT2D eigenvalue weighted by molar-refractivity contribution is 0.197. The highest BCUT2D eigenvalue weighted by Gasteiger charge is 2.20. The maximum absolute atomic E-state index is 4.25. The number of nitrogens with one attached hydrogen (secondary N) is 2. The first-order valence-electron chi connectivity index (χ1n) is 6.60. The lowest BCUT2D eigenvalue weighted by Crippen LogP contribution is -2.51. The molecular formula is C14H27IN4S. The largest absolute Gasteiger partial charge is 0.356 e. The minimum Gasteiger partial charge on any atom is -0.356 e. The molecular weight excluding hydrogens is 383 g/mol. The first-order valence-corrected chi connectivity index (χ1v) is 7.48. The summed E-state index contributed by atoms with van der Waals surface area (Å²) in [5, 5.41) is 8.83. The van der Waals surface area contributed by atoms with Crippen LogP contribution in [-0.2, 0) is 6.42 Å². The van der Waals surface area contributed by atoms with Gasteiger partial charge in [0.25, 0.3) is 0 Å². The zero-order chi connectivity index (χ0) is 14.3. The number of halogens is 1. The molecule has 6 heteroatoms. The van der Waals surface area contributed by atoms with Crippen molar-refractivity contribution in [2.45, 2.75) is 25.8 Å². The van der Waals surface area contributed by atoms with Crippen LogP contribution in [0.15, 0.2) is 22.5 Å². The smallest absolute Gasteiger partial charge is 0.191 e. The summed E-state index contributed by atoms with van der Waals surface area (Å²) in [6.45, 7) is 6.18. The number of likely N-dealkylation sites (N-methyl/N-ethyl adjacent to an activating group) is 1. The Morgan fingerprint density at radius 3 is 2.55 bits per heavy atom. The minimum atomic E-state index is 0. The van der Waals surface area contributed by atoms with Crippen molar-refractivity contribution < 1.29 is 0 Å². The molecule has 0 saturated heterocycles. The quantitative estimate of drug-likeness (QED) is 0.430. The van der Waals surface area contributed by atoms with E-state index in [1.807, 2.05) is 7.05 Å². The zero-order valence-electron chi connectivity index (χ0n) is 13.1. The van der Waals surface area contributed by atoms with Crippen molar-refractivity contribution in [3.05, 3.63) is 22.4 Å². The fourth-order valence-corrected chi connectivity index (χ4v) is 2.15. The van der Waals surface area contributed by atoms with Crippen LogP contribution in [0.1, 0.15) is 18.7 Å². The number of hydrogen-bond donors (Lipinski definition) is 2. The Morgan fingerprint density at radius 1 is 1.35 bits per heavy atom. The van der Waals surface area contributed by atoms with E-state index >= 15 is 0 Å². The van der Waals surface area contributed by atoms with Crippen LogP contribution in [0.2, 0.25) is 0 Å². The monoisotopic (exact) mass is 410 g/mol. The zero-order valence-corrected chi connectivity index (χ0v) is 16.2. The highest BCUT2D eigenvalue weighted by Crippen LogP contribution is 2.08. The van der Waals surface area contributed by atoms with E-state index in [4.69, 9.17) is 0 Å². The number of thiophene rings is 1. The summed E-state index contributed by atoms with van der Waals surface area (Å²) < 4.78 is 0. The van der Waals surface area contributed by atoms with E-state index in [-0.39, 0.29) is 29.5 Å². The van der Waals surface area contributed by atoms with Crippen molar-refractivity contribution in [3.63, 3.8) is 0 Å². The van der Waals surface area contributed by atoms with Crippen molar-refractivity contribution in [2.75, 3.05) is 34.2 Å². The molecule has 1 heterocycles. The molecule has 0 bridgehead atoms. The van der Waals surface area contributed by atoms with Gasteiger partial charge in [0.15, 0.2) is 5.96 Å². The van der Waals surface area contributed by atoms with E-state index in [0.29, 0.717) is 0 Å². The molecule has 0 atom stereocenters. The van der Waals surface area contributed by atoms with E-state index in [1.54, 1.807) is 11.3 Å². The summed E-state index contributed by atoms with van der Waals surface area (Å²) in [4.78, 5) is 7.86. The Bertz CT molecular complexity index is 388. The van der Waals surface area contributed by atoms with Gasteiger partial charge < -0.3 is 15.5 Å². The summed E-state index contributed by atoms with van der Waals surface area (Å²) in [6, 6.07) is 4.25. The van der Waals surface area contributed by atoms with Gasteiger partial charge in [-0.25, -0.2) is 0 Å². The normalized spacial score (nSPS) is 12.2. The molecule has 0 aliphatic heterocycles. The molecule has 0 aliphatic rings. The molecule has 0 aliphatic carbocycles. The average Bonchev–Trinajstić information content (AvgIpc) is 2.86. The predicted octanol–water partition coefficient (Wildman–Crippen LogP) is 2.41. The van der Waals surface area contributed by atoms with Gasteiger partial charge in [-0.1, -0.05) is 6.07 Å². The van der Waals surface area contributed by atoms with Crippen molar-refractivity contribution in [1.29, 1.82) is 0 Å². The molecule has 0 fully saturated rings. The lowest BCUT2D eigenvalue weighted by Gasteiger charge is -2.33. The summed E-state index contributed by atoms with van der Waals surface area (Å²) in [5.41, 5.74) is 0.103. The second kappa shape index (κ2) is 9.57. The van der Waals surface area contributed by atoms with Gasteiger partial charge in [-0.05, 0) is 45.8 Å². The molecule has 116 valence electrons. The van der Waals surface area contributed by atoms with Crippen molar-refractivity contribution >= 4 is 41.3 Å². The van der Waals surface area contributed by atoms with Gasteiger partial charge >= 0.3 is 0 Å². The van der Waals surface area contributed by atoms with Crippen molar-refractivity contribution in [1.82, 2.24) is 15.5 Å². The summed E-state index contributed by atoms with van der Waals surface area (Å²) >= 11 is 1.80. The Labute approximate surface area is 144 Å². The third kappa shape index (κ3) is 6.90. The van der Waals surface area contributed by atoms with Gasteiger partial charge in [0.1, 0.15) is 0 Å². The lowest BCUT2D eigenvalue weighted by atomic mass is 10.0. The number of nitrogens with zero attached hydrogens (tertiary/aromatic N) is 2. The maximum Gasteiger partial charge on any atom is 0.191 e. The van der Waals surface area contributed by atoms with Crippen LogP contribution in [0.4, 0.5) is 0 Å². The molecule has 1 rings (SSSR count). The summed E-state index contributed by atoms with van der Waals surface area (Å²) in [7, 11) is 5.99. The molecule has 0 spiro atoms. The Morgan fingerprint density at radius 2 is 2.05 bits per heavy atom. The van der Waals surface area contributed by atoms with Gasteiger partial charge in [-0.2, -0.15) is 0 Å². The number of guanidine groups is 1. The second-order valence-corrected chi connectivity index (χ2v) is 6.42. The van der Waals surface area contributed by atoms with Gasteiger partial charge in [-0.15, -0.1) is 35.3 Å².